The summed E-state index contributed by atoms with van der Waals surface area (Å²) in [6, 6.07) is 20.6. The molecule has 0 atom stereocenters. The van der Waals surface area contributed by atoms with E-state index in [1.54, 1.807) is 0 Å². The number of rotatable bonds is 3. The molecule has 0 radical (unpaired) electrons. The van der Waals surface area contributed by atoms with Gasteiger partial charge in [-0.05, 0) is 16.3 Å². The SMILES string of the molecule is C[Si](C)(C1=C(c2ccccc2)COCC1=O)c1ccccc1. The van der Waals surface area contributed by atoms with Crippen LogP contribution >= 0.6 is 0 Å². The third-order valence-electron chi connectivity index (χ3n) is 4.30. The lowest BCUT2D eigenvalue weighted by molar-refractivity contribution is -0.119. The van der Waals surface area contributed by atoms with Gasteiger partial charge in [0.05, 0.1) is 6.61 Å². The fourth-order valence-electron chi connectivity index (χ4n) is 3.15. The fraction of sp³-hybridized carbons (Fsp3) is 0.211. The molecule has 112 valence electrons. The Balaban J connectivity index is 2.18. The van der Waals surface area contributed by atoms with Crippen LogP contribution in [0.2, 0.25) is 13.1 Å². The first-order valence-electron chi connectivity index (χ1n) is 7.56. The van der Waals surface area contributed by atoms with E-state index in [0.29, 0.717) is 6.61 Å². The molecule has 0 fully saturated rings. The molecule has 0 amide bonds. The Morgan fingerprint density at radius 3 is 2.09 bits per heavy atom. The number of ether oxygens (including phenoxy) is 1. The minimum atomic E-state index is -2.04. The largest absolute Gasteiger partial charge is 0.369 e. The van der Waals surface area contributed by atoms with Crippen LogP contribution < -0.4 is 5.19 Å². The highest BCUT2D eigenvalue weighted by atomic mass is 28.3. The molecule has 0 spiro atoms. The lowest BCUT2D eigenvalue weighted by atomic mass is 10.0. The van der Waals surface area contributed by atoms with Gasteiger partial charge in [-0.2, -0.15) is 0 Å². The first kappa shape index (κ1) is 14.9. The Labute approximate surface area is 132 Å². The summed E-state index contributed by atoms with van der Waals surface area (Å²) in [6.45, 7) is 5.23. The Bertz CT molecular complexity index is 703. The van der Waals surface area contributed by atoms with Gasteiger partial charge in [-0.25, -0.2) is 0 Å². The van der Waals surface area contributed by atoms with Crippen molar-refractivity contribution in [2.75, 3.05) is 13.2 Å². The van der Waals surface area contributed by atoms with E-state index in [-0.39, 0.29) is 12.4 Å². The quantitative estimate of drug-likeness (QED) is 0.814. The van der Waals surface area contributed by atoms with Crippen LogP contribution in [0.5, 0.6) is 0 Å². The van der Waals surface area contributed by atoms with Crippen LogP contribution in [0.1, 0.15) is 5.56 Å². The predicted molar refractivity (Wildman–Crippen MR) is 92.7 cm³/mol. The summed E-state index contributed by atoms with van der Waals surface area (Å²) in [5.41, 5.74) is 2.17. The number of Topliss-reactive ketones (excluding diaryl/α,β-unsaturated/α-hetero) is 1. The zero-order valence-corrected chi connectivity index (χ0v) is 14.0. The van der Waals surface area contributed by atoms with Crippen molar-refractivity contribution in [2.24, 2.45) is 0 Å². The van der Waals surface area contributed by atoms with E-state index in [2.05, 4.69) is 49.5 Å². The minimum Gasteiger partial charge on any atom is -0.369 e. The van der Waals surface area contributed by atoms with E-state index in [1.165, 1.54) is 5.19 Å². The molecular formula is C19H20O2Si. The standard InChI is InChI=1S/C19H20O2Si/c1-22(2,16-11-7-4-8-12-16)19-17(13-21-14-18(19)20)15-9-5-3-6-10-15/h3-12H,13-14H2,1-2H3. The fourth-order valence-corrected chi connectivity index (χ4v) is 6.21. The Morgan fingerprint density at radius 2 is 1.45 bits per heavy atom. The van der Waals surface area contributed by atoms with Gasteiger partial charge in [-0.1, -0.05) is 78.9 Å². The summed E-state index contributed by atoms with van der Waals surface area (Å²) in [4.78, 5) is 12.6. The summed E-state index contributed by atoms with van der Waals surface area (Å²) < 4.78 is 5.52. The second-order valence-corrected chi connectivity index (χ2v) is 10.5. The number of hydrogen-bond acceptors (Lipinski definition) is 2. The minimum absolute atomic E-state index is 0.144. The number of carbonyl (C=O) groups is 1. The molecular weight excluding hydrogens is 288 g/mol. The Morgan fingerprint density at radius 1 is 0.864 bits per heavy atom. The van der Waals surface area contributed by atoms with E-state index in [4.69, 9.17) is 4.74 Å². The topological polar surface area (TPSA) is 26.3 Å². The van der Waals surface area contributed by atoms with Crippen LogP contribution in [0.4, 0.5) is 0 Å². The summed E-state index contributed by atoms with van der Waals surface area (Å²) >= 11 is 0. The third kappa shape index (κ3) is 2.70. The summed E-state index contributed by atoms with van der Waals surface area (Å²) in [5, 5.41) is 2.30. The van der Waals surface area contributed by atoms with E-state index < -0.39 is 8.07 Å². The van der Waals surface area contributed by atoms with Crippen molar-refractivity contribution in [1.82, 2.24) is 0 Å². The van der Waals surface area contributed by atoms with Gasteiger partial charge in [0.1, 0.15) is 14.7 Å². The monoisotopic (exact) mass is 308 g/mol. The van der Waals surface area contributed by atoms with E-state index in [9.17, 15) is 4.79 Å². The predicted octanol–water partition coefficient (Wildman–Crippen LogP) is 3.19. The van der Waals surface area contributed by atoms with Gasteiger partial charge in [0, 0.05) is 0 Å². The first-order chi connectivity index (χ1) is 10.6. The highest BCUT2D eigenvalue weighted by molar-refractivity contribution is 6.99. The summed E-state index contributed by atoms with van der Waals surface area (Å²) in [5.74, 6) is 0.144. The molecule has 2 aromatic carbocycles. The molecule has 0 aliphatic carbocycles. The van der Waals surface area contributed by atoms with Gasteiger partial charge in [0.15, 0.2) is 5.78 Å². The smallest absolute Gasteiger partial charge is 0.181 e. The van der Waals surface area contributed by atoms with E-state index >= 15 is 0 Å². The Hall–Kier alpha value is -1.97. The molecule has 1 aliphatic heterocycles. The molecule has 1 aliphatic rings. The molecule has 2 nitrogen and oxygen atoms in total. The van der Waals surface area contributed by atoms with Gasteiger partial charge in [0.25, 0.3) is 0 Å². The molecule has 22 heavy (non-hydrogen) atoms. The van der Waals surface area contributed by atoms with Crippen molar-refractivity contribution in [1.29, 1.82) is 0 Å². The second kappa shape index (κ2) is 6.03. The van der Waals surface area contributed by atoms with Crippen molar-refractivity contribution < 1.29 is 9.53 Å². The van der Waals surface area contributed by atoms with Crippen molar-refractivity contribution in [3.05, 3.63) is 71.4 Å². The molecule has 0 saturated carbocycles. The van der Waals surface area contributed by atoms with E-state index in [0.717, 1.165) is 16.3 Å². The molecule has 0 N–H and O–H groups in total. The number of ketones is 1. The average molecular weight is 308 g/mol. The van der Waals surface area contributed by atoms with Crippen LogP contribution in [-0.4, -0.2) is 27.1 Å². The van der Waals surface area contributed by atoms with Crippen LogP contribution in [0.3, 0.4) is 0 Å². The molecule has 3 heteroatoms. The Kier molecular flexibility index (Phi) is 4.09. The summed E-state index contributed by atoms with van der Waals surface area (Å²) in [7, 11) is -2.04. The van der Waals surface area contributed by atoms with Crippen molar-refractivity contribution in [3.8, 4) is 0 Å². The first-order valence-corrected chi connectivity index (χ1v) is 10.6. The van der Waals surface area contributed by atoms with Crippen molar-refractivity contribution in [3.63, 3.8) is 0 Å². The summed E-state index contributed by atoms with van der Waals surface area (Å²) in [6.07, 6.45) is 0. The normalized spacial score (nSPS) is 16.0. The maximum Gasteiger partial charge on any atom is 0.181 e. The van der Waals surface area contributed by atoms with Crippen molar-refractivity contribution >= 4 is 24.6 Å². The molecule has 3 rings (SSSR count). The van der Waals surface area contributed by atoms with Gasteiger partial charge < -0.3 is 4.74 Å². The van der Waals surface area contributed by atoms with E-state index in [1.807, 2.05) is 24.3 Å². The highest BCUT2D eigenvalue weighted by Gasteiger charge is 2.37. The zero-order chi connectivity index (χ0) is 15.6. The van der Waals surface area contributed by atoms with Crippen molar-refractivity contribution in [2.45, 2.75) is 13.1 Å². The van der Waals surface area contributed by atoms with Gasteiger partial charge >= 0.3 is 0 Å². The zero-order valence-electron chi connectivity index (χ0n) is 13.0. The maximum atomic E-state index is 12.6. The van der Waals surface area contributed by atoms with Crippen LogP contribution in [0.15, 0.2) is 65.9 Å². The molecule has 0 unspecified atom stereocenters. The van der Waals surface area contributed by atoms with Crippen LogP contribution in [0.25, 0.3) is 5.57 Å². The van der Waals surface area contributed by atoms with Gasteiger partial charge in [-0.3, -0.25) is 4.79 Å². The van der Waals surface area contributed by atoms with Gasteiger partial charge in [-0.15, -0.1) is 0 Å². The molecule has 2 aromatic rings. The number of hydrogen-bond donors (Lipinski definition) is 0. The van der Waals surface area contributed by atoms with Crippen LogP contribution in [-0.2, 0) is 9.53 Å². The highest BCUT2D eigenvalue weighted by Crippen LogP contribution is 2.30. The van der Waals surface area contributed by atoms with Gasteiger partial charge in [0.2, 0.25) is 0 Å². The second-order valence-electron chi connectivity index (χ2n) is 6.13. The lowest BCUT2D eigenvalue weighted by Gasteiger charge is -2.31. The number of carbonyl (C=O) groups excluding carboxylic acids is 1. The molecule has 1 heterocycles. The average Bonchev–Trinajstić information content (AvgIpc) is 2.56. The molecule has 0 aromatic heterocycles. The third-order valence-corrected chi connectivity index (χ3v) is 7.91. The lowest BCUT2D eigenvalue weighted by Crippen LogP contribution is -2.49. The molecule has 0 bridgehead atoms. The van der Waals surface area contributed by atoms with Crippen LogP contribution in [0, 0.1) is 0 Å². The number of benzene rings is 2. The maximum absolute atomic E-state index is 12.6. The molecule has 0 saturated heterocycles.